The summed E-state index contributed by atoms with van der Waals surface area (Å²) in [6, 6.07) is 18.7. The van der Waals surface area contributed by atoms with Crippen molar-refractivity contribution in [3.05, 3.63) is 71.1 Å². The van der Waals surface area contributed by atoms with Crippen LogP contribution in [0.1, 0.15) is 24.0 Å². The molecule has 1 fully saturated rings. The number of benzene rings is 2. The lowest BCUT2D eigenvalue weighted by Crippen LogP contribution is -2.34. The monoisotopic (exact) mass is 362 g/mol. The highest BCUT2D eigenvalue weighted by Crippen LogP contribution is 2.35. The number of hydrogen-bond donors (Lipinski definition) is 0. The second-order valence-electron chi connectivity index (χ2n) is 6.88. The summed E-state index contributed by atoms with van der Waals surface area (Å²) >= 11 is 1.56. The van der Waals surface area contributed by atoms with Crippen molar-refractivity contribution >= 4 is 22.4 Å². The highest BCUT2D eigenvalue weighted by molar-refractivity contribution is 7.14. The fourth-order valence-corrected chi connectivity index (χ4v) is 3.85. The molecule has 0 bridgehead atoms. The van der Waals surface area contributed by atoms with Crippen molar-refractivity contribution in [1.82, 2.24) is 4.98 Å². The average molecular weight is 362 g/mol. The fraction of sp³-hybridized carbons (Fsp3) is 0.273. The van der Waals surface area contributed by atoms with Gasteiger partial charge in [-0.3, -0.25) is 9.69 Å². The Morgan fingerprint density at radius 3 is 2.54 bits per heavy atom. The van der Waals surface area contributed by atoms with Gasteiger partial charge in [0.25, 0.3) is 0 Å². The minimum Gasteiger partial charge on any atom is -0.288 e. The van der Waals surface area contributed by atoms with E-state index in [0.717, 1.165) is 35.7 Å². The van der Waals surface area contributed by atoms with E-state index in [-0.39, 0.29) is 11.8 Å². The SMILES string of the molecule is Cc1ccc(-c2csc(N(CCc3ccccc3)C(=O)C3CC3)n2)cc1. The first-order valence-corrected chi connectivity index (χ1v) is 9.96. The topological polar surface area (TPSA) is 33.2 Å². The molecule has 3 nitrogen and oxygen atoms in total. The van der Waals surface area contributed by atoms with E-state index in [1.807, 2.05) is 23.1 Å². The summed E-state index contributed by atoms with van der Waals surface area (Å²) in [6.45, 7) is 2.76. The van der Waals surface area contributed by atoms with Crippen LogP contribution in [0.3, 0.4) is 0 Å². The van der Waals surface area contributed by atoms with Crippen LogP contribution < -0.4 is 4.90 Å². The lowest BCUT2D eigenvalue weighted by atomic mass is 10.1. The molecule has 1 amide bonds. The molecule has 0 aliphatic heterocycles. The zero-order chi connectivity index (χ0) is 17.9. The number of hydrogen-bond acceptors (Lipinski definition) is 3. The second-order valence-corrected chi connectivity index (χ2v) is 7.72. The van der Waals surface area contributed by atoms with Gasteiger partial charge in [-0.25, -0.2) is 4.98 Å². The summed E-state index contributed by atoms with van der Waals surface area (Å²) in [4.78, 5) is 19.5. The van der Waals surface area contributed by atoms with Crippen molar-refractivity contribution in [2.24, 2.45) is 5.92 Å². The summed E-state index contributed by atoms with van der Waals surface area (Å²) in [5.41, 5.74) is 4.52. The van der Waals surface area contributed by atoms with Gasteiger partial charge >= 0.3 is 0 Å². The van der Waals surface area contributed by atoms with E-state index in [9.17, 15) is 4.79 Å². The van der Waals surface area contributed by atoms with Crippen LogP contribution in [0.4, 0.5) is 5.13 Å². The predicted octanol–water partition coefficient (Wildman–Crippen LogP) is 5.10. The predicted molar refractivity (Wildman–Crippen MR) is 108 cm³/mol. The highest BCUT2D eigenvalue weighted by Gasteiger charge is 2.35. The number of rotatable bonds is 6. The molecule has 0 N–H and O–H groups in total. The molecule has 2 aromatic carbocycles. The molecule has 0 spiro atoms. The molecule has 0 atom stereocenters. The normalized spacial score (nSPS) is 13.6. The van der Waals surface area contributed by atoms with Crippen molar-refractivity contribution in [3.8, 4) is 11.3 Å². The minimum absolute atomic E-state index is 0.192. The molecule has 1 saturated carbocycles. The quantitative estimate of drug-likeness (QED) is 0.611. The van der Waals surface area contributed by atoms with Crippen molar-refractivity contribution in [2.45, 2.75) is 26.2 Å². The number of carbonyl (C=O) groups excluding carboxylic acids is 1. The third kappa shape index (κ3) is 3.86. The van der Waals surface area contributed by atoms with Crippen molar-refractivity contribution in [3.63, 3.8) is 0 Å². The van der Waals surface area contributed by atoms with Crippen molar-refractivity contribution in [2.75, 3.05) is 11.4 Å². The number of nitrogens with zero attached hydrogens (tertiary/aromatic N) is 2. The van der Waals surface area contributed by atoms with Crippen LogP contribution in [0.2, 0.25) is 0 Å². The van der Waals surface area contributed by atoms with Gasteiger partial charge in [0.15, 0.2) is 5.13 Å². The van der Waals surface area contributed by atoms with Gasteiger partial charge in [-0.2, -0.15) is 0 Å². The number of aromatic nitrogens is 1. The summed E-state index contributed by atoms with van der Waals surface area (Å²) < 4.78 is 0. The molecule has 1 aliphatic rings. The zero-order valence-corrected chi connectivity index (χ0v) is 15.7. The summed E-state index contributed by atoms with van der Waals surface area (Å²) in [7, 11) is 0. The Morgan fingerprint density at radius 1 is 1.12 bits per heavy atom. The van der Waals surface area contributed by atoms with Crippen molar-refractivity contribution in [1.29, 1.82) is 0 Å². The van der Waals surface area contributed by atoms with Gasteiger partial charge in [0.1, 0.15) is 0 Å². The van der Waals surface area contributed by atoms with Crippen molar-refractivity contribution < 1.29 is 4.79 Å². The Bertz CT molecular complexity index is 882. The maximum absolute atomic E-state index is 12.8. The molecule has 132 valence electrons. The summed E-state index contributed by atoms with van der Waals surface area (Å²) in [5, 5.41) is 2.86. The molecule has 4 heteroatoms. The molecule has 0 unspecified atom stereocenters. The minimum atomic E-state index is 0.192. The standard InChI is InChI=1S/C22H22N2OS/c1-16-7-9-18(10-8-16)20-15-26-22(23-20)24(21(25)19-11-12-19)14-13-17-5-3-2-4-6-17/h2-10,15,19H,11-14H2,1H3. The fourth-order valence-electron chi connectivity index (χ4n) is 2.98. The van der Waals surface area contributed by atoms with Crippen LogP contribution in [0, 0.1) is 12.8 Å². The van der Waals surface area contributed by atoms with Gasteiger partial charge in [0, 0.05) is 23.4 Å². The first kappa shape index (κ1) is 17.0. The van der Waals surface area contributed by atoms with Gasteiger partial charge in [0.05, 0.1) is 5.69 Å². The van der Waals surface area contributed by atoms with Crippen LogP contribution in [-0.2, 0) is 11.2 Å². The van der Waals surface area contributed by atoms with Gasteiger partial charge in [-0.05, 0) is 31.7 Å². The maximum atomic E-state index is 12.8. The molecule has 1 aliphatic carbocycles. The highest BCUT2D eigenvalue weighted by atomic mass is 32.1. The number of thiazole rings is 1. The molecule has 0 radical (unpaired) electrons. The number of amides is 1. The van der Waals surface area contributed by atoms with E-state index in [2.05, 4.69) is 48.7 Å². The van der Waals surface area contributed by atoms with Crippen LogP contribution in [0.15, 0.2) is 60.0 Å². The van der Waals surface area contributed by atoms with E-state index in [4.69, 9.17) is 4.98 Å². The van der Waals surface area contributed by atoms with Crippen LogP contribution in [0.5, 0.6) is 0 Å². The van der Waals surface area contributed by atoms with E-state index >= 15 is 0 Å². The van der Waals surface area contributed by atoms with Crippen LogP contribution >= 0.6 is 11.3 Å². The zero-order valence-electron chi connectivity index (χ0n) is 14.9. The first-order chi connectivity index (χ1) is 12.7. The van der Waals surface area contributed by atoms with Gasteiger partial charge in [-0.1, -0.05) is 60.2 Å². The molecule has 0 saturated heterocycles. The summed E-state index contributed by atoms with van der Waals surface area (Å²) in [6.07, 6.45) is 2.87. The Labute approximate surface area is 158 Å². The lowest BCUT2D eigenvalue weighted by Gasteiger charge is -2.20. The number of anilines is 1. The third-order valence-corrected chi connectivity index (χ3v) is 5.59. The Hall–Kier alpha value is -2.46. The smallest absolute Gasteiger partial charge is 0.231 e. The number of carbonyl (C=O) groups is 1. The Balaban J connectivity index is 1.55. The van der Waals surface area contributed by atoms with E-state index in [1.54, 1.807) is 11.3 Å². The van der Waals surface area contributed by atoms with Gasteiger partial charge < -0.3 is 0 Å². The molecule has 1 heterocycles. The molecule has 1 aromatic heterocycles. The van der Waals surface area contributed by atoms with E-state index in [1.165, 1.54) is 11.1 Å². The molecule has 4 rings (SSSR count). The molecule has 26 heavy (non-hydrogen) atoms. The second kappa shape index (κ2) is 7.42. The van der Waals surface area contributed by atoms with Gasteiger partial charge in [-0.15, -0.1) is 11.3 Å². The van der Waals surface area contributed by atoms with Crippen LogP contribution in [-0.4, -0.2) is 17.4 Å². The molecule has 3 aromatic rings. The maximum Gasteiger partial charge on any atom is 0.231 e. The first-order valence-electron chi connectivity index (χ1n) is 9.08. The van der Waals surface area contributed by atoms with E-state index in [0.29, 0.717) is 6.54 Å². The van der Waals surface area contributed by atoms with Gasteiger partial charge in [0.2, 0.25) is 5.91 Å². The molecular weight excluding hydrogens is 340 g/mol. The summed E-state index contributed by atoms with van der Waals surface area (Å²) in [5.74, 6) is 0.420. The van der Waals surface area contributed by atoms with Crippen LogP contribution in [0.25, 0.3) is 11.3 Å². The number of aryl methyl sites for hydroxylation is 1. The lowest BCUT2D eigenvalue weighted by molar-refractivity contribution is -0.119. The Morgan fingerprint density at radius 2 is 1.85 bits per heavy atom. The average Bonchev–Trinajstić information content (AvgIpc) is 3.41. The Kier molecular flexibility index (Phi) is 4.85. The third-order valence-electron chi connectivity index (χ3n) is 4.73. The molecular formula is C22H22N2OS. The van der Waals surface area contributed by atoms with E-state index < -0.39 is 0 Å². The largest absolute Gasteiger partial charge is 0.288 e.